The van der Waals surface area contributed by atoms with Crippen molar-refractivity contribution in [1.82, 2.24) is 14.1 Å². The summed E-state index contributed by atoms with van der Waals surface area (Å²) in [4.78, 5) is 0.282. The van der Waals surface area contributed by atoms with Crippen LogP contribution in [0.15, 0.2) is 53.2 Å². The van der Waals surface area contributed by atoms with Gasteiger partial charge in [0.2, 0.25) is 10.0 Å². The third-order valence-electron chi connectivity index (χ3n) is 5.27. The van der Waals surface area contributed by atoms with Crippen LogP contribution in [0.3, 0.4) is 0 Å². The Kier molecular flexibility index (Phi) is 7.99. The molecule has 1 aromatic heterocycles. The number of hydrogen-bond donors (Lipinski definition) is 1. The van der Waals surface area contributed by atoms with Crippen molar-refractivity contribution in [2.75, 3.05) is 20.6 Å². The molecule has 0 amide bonds. The first-order valence-corrected chi connectivity index (χ1v) is 11.1. The third kappa shape index (κ3) is 4.98. The molecule has 6 nitrogen and oxygen atoms in total. The first-order chi connectivity index (χ1) is 14.2. The minimum absolute atomic E-state index is 0. The summed E-state index contributed by atoms with van der Waals surface area (Å²) in [6, 6.07) is 11.0. The van der Waals surface area contributed by atoms with Gasteiger partial charge in [-0.2, -0.15) is 5.10 Å². The topological polar surface area (TPSA) is 81.2 Å². The first kappa shape index (κ1) is 25.0. The molecule has 0 bridgehead atoms. The van der Waals surface area contributed by atoms with Gasteiger partial charge in [0.05, 0.1) is 17.1 Å². The average Bonchev–Trinajstić information content (AvgIpc) is 2.95. The molecule has 168 valence electrons. The molecule has 2 N–H and O–H groups in total. The molecular formula is C22H28ClFN4O2S. The molecule has 0 saturated heterocycles. The maximum absolute atomic E-state index is 13.9. The van der Waals surface area contributed by atoms with Gasteiger partial charge >= 0.3 is 0 Å². The van der Waals surface area contributed by atoms with Gasteiger partial charge in [-0.1, -0.05) is 30.3 Å². The van der Waals surface area contributed by atoms with Gasteiger partial charge in [0, 0.05) is 43.7 Å². The maximum Gasteiger partial charge on any atom is 0.243 e. The quantitative estimate of drug-likeness (QED) is 0.575. The molecule has 0 fully saturated rings. The van der Waals surface area contributed by atoms with E-state index in [4.69, 9.17) is 5.73 Å². The predicted molar refractivity (Wildman–Crippen MR) is 125 cm³/mol. The molecule has 31 heavy (non-hydrogen) atoms. The fourth-order valence-electron chi connectivity index (χ4n) is 3.58. The van der Waals surface area contributed by atoms with Gasteiger partial charge in [-0.25, -0.2) is 17.1 Å². The van der Waals surface area contributed by atoms with E-state index in [1.165, 1.54) is 24.5 Å². The zero-order chi connectivity index (χ0) is 22.1. The van der Waals surface area contributed by atoms with Crippen molar-refractivity contribution in [2.45, 2.75) is 31.7 Å². The number of aryl methyl sites for hydroxylation is 1. The number of halogens is 2. The summed E-state index contributed by atoms with van der Waals surface area (Å²) in [7, 11) is -0.515. The molecule has 0 spiro atoms. The van der Waals surface area contributed by atoms with Gasteiger partial charge in [0.25, 0.3) is 0 Å². The summed E-state index contributed by atoms with van der Waals surface area (Å²) in [5.41, 5.74) is 9.08. The van der Waals surface area contributed by atoms with Crippen LogP contribution in [-0.2, 0) is 23.0 Å². The molecule has 0 atom stereocenters. The van der Waals surface area contributed by atoms with E-state index in [0.29, 0.717) is 11.8 Å². The summed E-state index contributed by atoms with van der Waals surface area (Å²) in [5, 5.41) is 6.04. The standard InChI is InChI=1S/C22H27FN4O2S.ClH/c1-15-21(16(2)27(25-15)14-18(23)11-12-24)13-17-9-10-22(30(28,29)26(3)4)20-8-6-5-7-19(17)20;/h5-11H,12-14,24H2,1-4H3;1H/b18-11-;. The van der Waals surface area contributed by atoms with Crippen molar-refractivity contribution in [3.05, 3.63) is 70.8 Å². The highest BCUT2D eigenvalue weighted by molar-refractivity contribution is 7.89. The molecule has 2 aromatic carbocycles. The Bertz CT molecular complexity index is 1220. The molecule has 0 aliphatic carbocycles. The number of allylic oxidation sites excluding steroid dienone is 1. The molecule has 0 unspecified atom stereocenters. The number of fused-ring (bicyclic) bond motifs is 1. The van der Waals surface area contributed by atoms with Crippen LogP contribution in [0.2, 0.25) is 0 Å². The Morgan fingerprint density at radius 3 is 2.42 bits per heavy atom. The van der Waals surface area contributed by atoms with E-state index in [-0.39, 0.29) is 36.2 Å². The van der Waals surface area contributed by atoms with Crippen LogP contribution in [0.5, 0.6) is 0 Å². The van der Waals surface area contributed by atoms with Crippen molar-refractivity contribution < 1.29 is 12.8 Å². The molecule has 0 aliphatic heterocycles. The number of hydrogen-bond acceptors (Lipinski definition) is 4. The van der Waals surface area contributed by atoms with E-state index in [0.717, 1.165) is 27.9 Å². The largest absolute Gasteiger partial charge is 0.327 e. The van der Waals surface area contributed by atoms with Gasteiger partial charge in [-0.05, 0) is 36.9 Å². The van der Waals surface area contributed by atoms with Crippen LogP contribution in [0.4, 0.5) is 4.39 Å². The predicted octanol–water partition coefficient (Wildman–Crippen LogP) is 3.73. The Hall–Kier alpha value is -2.26. The van der Waals surface area contributed by atoms with Crippen LogP contribution < -0.4 is 5.73 Å². The number of nitrogens with two attached hydrogens (primary N) is 1. The molecule has 3 rings (SSSR count). The zero-order valence-electron chi connectivity index (χ0n) is 18.1. The molecule has 0 aliphatic rings. The van der Waals surface area contributed by atoms with E-state index in [9.17, 15) is 12.8 Å². The smallest absolute Gasteiger partial charge is 0.243 e. The summed E-state index contributed by atoms with van der Waals surface area (Å²) in [6.45, 7) is 4.01. The Labute approximate surface area is 189 Å². The second-order valence-corrected chi connectivity index (χ2v) is 9.55. The summed E-state index contributed by atoms with van der Waals surface area (Å²) < 4.78 is 42.3. The fraction of sp³-hybridized carbons (Fsp3) is 0.318. The molecule has 1 heterocycles. The van der Waals surface area contributed by atoms with Crippen LogP contribution in [0, 0.1) is 13.8 Å². The summed E-state index contributed by atoms with van der Waals surface area (Å²) in [6.07, 6.45) is 1.91. The maximum atomic E-state index is 13.9. The molecule has 0 radical (unpaired) electrons. The van der Waals surface area contributed by atoms with Crippen molar-refractivity contribution >= 4 is 33.2 Å². The molecular weight excluding hydrogens is 439 g/mol. The lowest BCUT2D eigenvalue weighted by Gasteiger charge is -2.16. The second-order valence-electron chi connectivity index (χ2n) is 7.43. The van der Waals surface area contributed by atoms with Crippen LogP contribution in [-0.4, -0.2) is 43.1 Å². The number of nitrogens with zero attached hydrogens (tertiary/aromatic N) is 3. The van der Waals surface area contributed by atoms with Gasteiger partial charge in [0.15, 0.2) is 0 Å². The van der Waals surface area contributed by atoms with Crippen molar-refractivity contribution in [3.8, 4) is 0 Å². The van der Waals surface area contributed by atoms with E-state index in [1.807, 2.05) is 44.2 Å². The van der Waals surface area contributed by atoms with E-state index in [1.54, 1.807) is 10.7 Å². The van der Waals surface area contributed by atoms with Crippen LogP contribution in [0.25, 0.3) is 10.8 Å². The average molecular weight is 467 g/mol. The highest BCUT2D eigenvalue weighted by atomic mass is 35.5. The van der Waals surface area contributed by atoms with Crippen molar-refractivity contribution in [3.63, 3.8) is 0 Å². The SMILES string of the molecule is Cc1nn(C/C(F)=C/CN)c(C)c1Cc1ccc(S(=O)(=O)N(C)C)c2ccccc12.Cl. The second kappa shape index (κ2) is 9.91. The van der Waals surface area contributed by atoms with Crippen LogP contribution >= 0.6 is 12.4 Å². The summed E-state index contributed by atoms with van der Waals surface area (Å²) in [5.74, 6) is -0.321. The fourth-order valence-corrected chi connectivity index (χ4v) is 4.67. The molecule has 0 saturated carbocycles. The molecule has 9 heteroatoms. The minimum Gasteiger partial charge on any atom is -0.327 e. The van der Waals surface area contributed by atoms with Gasteiger partial charge in [-0.3, -0.25) is 4.68 Å². The monoisotopic (exact) mass is 466 g/mol. The highest BCUT2D eigenvalue weighted by Crippen LogP contribution is 2.30. The number of sulfonamides is 1. The first-order valence-electron chi connectivity index (χ1n) is 9.67. The van der Waals surface area contributed by atoms with Crippen LogP contribution in [0.1, 0.15) is 22.5 Å². The zero-order valence-corrected chi connectivity index (χ0v) is 19.7. The van der Waals surface area contributed by atoms with E-state index < -0.39 is 10.0 Å². The lowest BCUT2D eigenvalue weighted by molar-refractivity contribution is 0.517. The van der Waals surface area contributed by atoms with Gasteiger partial charge < -0.3 is 5.73 Å². The third-order valence-corrected chi connectivity index (χ3v) is 7.14. The van der Waals surface area contributed by atoms with E-state index >= 15 is 0 Å². The Balaban J connectivity index is 0.00000341. The Morgan fingerprint density at radius 2 is 1.81 bits per heavy atom. The summed E-state index contributed by atoms with van der Waals surface area (Å²) >= 11 is 0. The Morgan fingerprint density at radius 1 is 1.16 bits per heavy atom. The van der Waals surface area contributed by atoms with Gasteiger partial charge in [0.1, 0.15) is 5.83 Å². The number of aromatic nitrogens is 2. The number of benzene rings is 2. The normalized spacial score (nSPS) is 12.4. The lowest BCUT2D eigenvalue weighted by Crippen LogP contribution is -2.22. The lowest BCUT2D eigenvalue weighted by atomic mass is 9.97. The van der Waals surface area contributed by atoms with Crippen molar-refractivity contribution in [2.24, 2.45) is 5.73 Å². The number of rotatable bonds is 7. The van der Waals surface area contributed by atoms with Crippen molar-refractivity contribution in [1.29, 1.82) is 0 Å². The van der Waals surface area contributed by atoms with Gasteiger partial charge in [-0.15, -0.1) is 12.4 Å². The highest BCUT2D eigenvalue weighted by Gasteiger charge is 2.22. The van der Waals surface area contributed by atoms with E-state index in [2.05, 4.69) is 5.10 Å². The molecule has 3 aromatic rings. The minimum atomic E-state index is -3.57.